The molecule has 134 valence electrons. The van der Waals surface area contributed by atoms with Crippen LogP contribution < -0.4 is 4.74 Å². The van der Waals surface area contributed by atoms with Crippen molar-refractivity contribution in [3.63, 3.8) is 0 Å². The van der Waals surface area contributed by atoms with Crippen molar-refractivity contribution in [2.75, 3.05) is 7.11 Å². The van der Waals surface area contributed by atoms with Crippen LogP contribution in [0.2, 0.25) is 0 Å². The van der Waals surface area contributed by atoms with Crippen molar-refractivity contribution in [3.8, 4) is 17.1 Å². The molecule has 26 heavy (non-hydrogen) atoms. The molecule has 0 spiro atoms. The molecule has 0 fully saturated rings. The average molecular weight is 362 g/mol. The second-order valence-corrected chi connectivity index (χ2v) is 5.37. The summed E-state index contributed by atoms with van der Waals surface area (Å²) in [6.07, 6.45) is -4.46. The van der Waals surface area contributed by atoms with Crippen LogP contribution in [-0.2, 0) is 12.7 Å². The van der Waals surface area contributed by atoms with Gasteiger partial charge < -0.3 is 4.74 Å². The van der Waals surface area contributed by atoms with Crippen molar-refractivity contribution in [2.24, 2.45) is 0 Å². The molecule has 0 aliphatic carbocycles. The zero-order chi connectivity index (χ0) is 18.7. The highest BCUT2D eigenvalue weighted by molar-refractivity contribution is 5.95. The number of tetrazole rings is 1. The lowest BCUT2D eigenvalue weighted by molar-refractivity contribution is -0.137. The first-order chi connectivity index (χ1) is 12.4. The lowest BCUT2D eigenvalue weighted by Crippen LogP contribution is -2.13. The summed E-state index contributed by atoms with van der Waals surface area (Å²) in [5.74, 6) is 0.367. The van der Waals surface area contributed by atoms with Crippen LogP contribution in [-0.4, -0.2) is 33.1 Å². The highest BCUT2D eigenvalue weighted by Gasteiger charge is 2.30. The van der Waals surface area contributed by atoms with Gasteiger partial charge in [-0.1, -0.05) is 12.1 Å². The number of rotatable bonds is 5. The third-order valence-electron chi connectivity index (χ3n) is 3.60. The van der Waals surface area contributed by atoms with Crippen LogP contribution in [0.1, 0.15) is 15.9 Å². The third-order valence-corrected chi connectivity index (χ3v) is 3.60. The fourth-order valence-electron chi connectivity index (χ4n) is 2.26. The van der Waals surface area contributed by atoms with Crippen LogP contribution in [0.15, 0.2) is 48.5 Å². The number of methoxy groups -OCH3 is 1. The van der Waals surface area contributed by atoms with Gasteiger partial charge in [-0.15, -0.1) is 10.2 Å². The van der Waals surface area contributed by atoms with Gasteiger partial charge in [0, 0.05) is 11.1 Å². The van der Waals surface area contributed by atoms with E-state index in [1.54, 1.807) is 24.3 Å². The predicted molar refractivity (Wildman–Crippen MR) is 85.6 cm³/mol. The summed E-state index contributed by atoms with van der Waals surface area (Å²) < 4.78 is 43.4. The van der Waals surface area contributed by atoms with Gasteiger partial charge in [0.25, 0.3) is 0 Å². The normalized spacial score (nSPS) is 11.4. The molecule has 9 heteroatoms. The molecule has 0 amide bonds. The maximum atomic E-state index is 12.8. The number of carbonyl (C=O) groups excluding carboxylic acids is 1. The first kappa shape index (κ1) is 17.6. The molecule has 0 N–H and O–H groups in total. The number of aromatic nitrogens is 4. The number of Topliss-reactive ketones (excluding diaryl/α,β-unsaturated/α-hetero) is 1. The van der Waals surface area contributed by atoms with Gasteiger partial charge in [-0.3, -0.25) is 4.79 Å². The molecular weight excluding hydrogens is 349 g/mol. The molecule has 0 aliphatic rings. The molecule has 2 aromatic carbocycles. The minimum atomic E-state index is -4.46. The SMILES string of the molecule is COc1ccc(C(=O)Cn2nnc(-c3cccc(C(F)(F)F)c3)n2)cc1. The van der Waals surface area contributed by atoms with Gasteiger partial charge in [0.05, 0.1) is 12.7 Å². The highest BCUT2D eigenvalue weighted by Crippen LogP contribution is 2.31. The first-order valence-corrected chi connectivity index (χ1v) is 7.49. The van der Waals surface area contributed by atoms with Gasteiger partial charge >= 0.3 is 6.18 Å². The number of hydrogen-bond donors (Lipinski definition) is 0. The summed E-state index contributed by atoms with van der Waals surface area (Å²) in [6.45, 7) is -0.182. The quantitative estimate of drug-likeness (QED) is 0.652. The Labute approximate surface area is 146 Å². The van der Waals surface area contributed by atoms with Crippen LogP contribution in [0.5, 0.6) is 5.75 Å². The number of benzene rings is 2. The number of carbonyl (C=O) groups is 1. The Morgan fingerprint density at radius 3 is 2.54 bits per heavy atom. The van der Waals surface area contributed by atoms with Crippen molar-refractivity contribution in [2.45, 2.75) is 12.7 Å². The van der Waals surface area contributed by atoms with E-state index in [0.717, 1.165) is 16.9 Å². The average Bonchev–Trinajstić information content (AvgIpc) is 3.09. The van der Waals surface area contributed by atoms with Crippen LogP contribution in [0.25, 0.3) is 11.4 Å². The maximum Gasteiger partial charge on any atom is 0.416 e. The van der Waals surface area contributed by atoms with E-state index in [9.17, 15) is 18.0 Å². The van der Waals surface area contributed by atoms with Crippen molar-refractivity contribution < 1.29 is 22.7 Å². The van der Waals surface area contributed by atoms with Crippen molar-refractivity contribution >= 4 is 5.78 Å². The van der Waals surface area contributed by atoms with E-state index in [1.807, 2.05) is 0 Å². The molecule has 3 rings (SSSR count). The number of hydrogen-bond acceptors (Lipinski definition) is 5. The standard InChI is InChI=1S/C17H13F3N4O2/c1-26-14-7-5-11(6-8-14)15(25)10-24-22-16(21-23-24)12-3-2-4-13(9-12)17(18,19)20/h2-9H,10H2,1H3. The van der Waals surface area contributed by atoms with Crippen molar-refractivity contribution in [1.82, 2.24) is 20.2 Å². The predicted octanol–water partition coefficient (Wildman–Crippen LogP) is 3.25. The second-order valence-electron chi connectivity index (χ2n) is 5.37. The van der Waals surface area contributed by atoms with Crippen LogP contribution in [0.4, 0.5) is 13.2 Å². The summed E-state index contributed by atoms with van der Waals surface area (Å²) in [6, 6.07) is 11.1. The molecule has 0 bridgehead atoms. The Bertz CT molecular complexity index is 920. The molecule has 0 atom stereocenters. The molecule has 3 aromatic rings. The maximum absolute atomic E-state index is 12.8. The number of ether oxygens (including phenoxy) is 1. The van der Waals surface area contributed by atoms with E-state index in [0.29, 0.717) is 11.3 Å². The fourth-order valence-corrected chi connectivity index (χ4v) is 2.26. The second kappa shape index (κ2) is 6.95. The fraction of sp³-hybridized carbons (Fsp3) is 0.176. The third kappa shape index (κ3) is 3.88. The van der Waals surface area contributed by atoms with Crippen LogP contribution in [0, 0.1) is 0 Å². The largest absolute Gasteiger partial charge is 0.497 e. The molecule has 1 heterocycles. The number of nitrogens with zero attached hydrogens (tertiary/aromatic N) is 4. The number of halogens is 3. The first-order valence-electron chi connectivity index (χ1n) is 7.49. The van der Waals surface area contributed by atoms with Crippen LogP contribution >= 0.6 is 0 Å². The molecule has 0 unspecified atom stereocenters. The monoisotopic (exact) mass is 362 g/mol. The minimum absolute atomic E-state index is 0.0126. The van der Waals surface area contributed by atoms with Gasteiger partial charge in [0.1, 0.15) is 12.3 Å². The lowest BCUT2D eigenvalue weighted by Gasteiger charge is -2.06. The number of alkyl halides is 3. The van der Waals surface area contributed by atoms with E-state index >= 15 is 0 Å². The van der Waals surface area contributed by atoms with Crippen molar-refractivity contribution in [3.05, 3.63) is 59.7 Å². The summed E-state index contributed by atoms with van der Waals surface area (Å²) in [5, 5.41) is 11.4. The zero-order valence-electron chi connectivity index (χ0n) is 13.6. The highest BCUT2D eigenvalue weighted by atomic mass is 19.4. The van der Waals surface area contributed by atoms with E-state index in [1.165, 1.54) is 19.2 Å². The Morgan fingerprint density at radius 1 is 1.15 bits per heavy atom. The molecule has 0 saturated carbocycles. The Hall–Kier alpha value is -3.23. The molecular formula is C17H13F3N4O2. The van der Waals surface area contributed by atoms with Gasteiger partial charge in [-0.2, -0.15) is 18.0 Å². The Morgan fingerprint density at radius 2 is 1.88 bits per heavy atom. The zero-order valence-corrected chi connectivity index (χ0v) is 13.6. The smallest absolute Gasteiger partial charge is 0.416 e. The van der Waals surface area contributed by atoms with Crippen LogP contribution in [0.3, 0.4) is 0 Å². The van der Waals surface area contributed by atoms with Gasteiger partial charge in [-0.25, -0.2) is 0 Å². The molecule has 6 nitrogen and oxygen atoms in total. The summed E-state index contributed by atoms with van der Waals surface area (Å²) >= 11 is 0. The summed E-state index contributed by atoms with van der Waals surface area (Å²) in [5.41, 5.74) is -0.202. The lowest BCUT2D eigenvalue weighted by atomic mass is 10.1. The summed E-state index contributed by atoms with van der Waals surface area (Å²) in [7, 11) is 1.52. The minimum Gasteiger partial charge on any atom is -0.497 e. The molecule has 0 radical (unpaired) electrons. The Balaban J connectivity index is 1.76. The summed E-state index contributed by atoms with van der Waals surface area (Å²) in [4.78, 5) is 13.3. The van der Waals surface area contributed by atoms with E-state index in [2.05, 4.69) is 15.4 Å². The van der Waals surface area contributed by atoms with Crippen molar-refractivity contribution in [1.29, 1.82) is 0 Å². The van der Waals surface area contributed by atoms with Gasteiger partial charge in [-0.05, 0) is 41.6 Å². The topological polar surface area (TPSA) is 69.9 Å². The van der Waals surface area contributed by atoms with Gasteiger partial charge in [0.15, 0.2) is 5.78 Å². The number of ketones is 1. The van der Waals surface area contributed by atoms with E-state index < -0.39 is 11.7 Å². The molecule has 1 aromatic heterocycles. The van der Waals surface area contributed by atoms with E-state index in [-0.39, 0.29) is 23.7 Å². The molecule has 0 saturated heterocycles. The van der Waals surface area contributed by atoms with Gasteiger partial charge in [0.2, 0.25) is 5.82 Å². The van der Waals surface area contributed by atoms with E-state index in [4.69, 9.17) is 4.74 Å². The molecule has 0 aliphatic heterocycles. The Kier molecular flexibility index (Phi) is 4.70.